The van der Waals surface area contributed by atoms with Gasteiger partial charge in [-0.2, -0.15) is 0 Å². The summed E-state index contributed by atoms with van der Waals surface area (Å²) in [6.07, 6.45) is 16.6. The van der Waals surface area contributed by atoms with Crippen LogP contribution in [0.25, 0.3) is 0 Å². The number of rotatable bonds is 4. The van der Waals surface area contributed by atoms with Gasteiger partial charge in [-0.05, 0) is 60.5 Å². The molecular formula is C22H24N2. The summed E-state index contributed by atoms with van der Waals surface area (Å²) in [7, 11) is 1.92. The Hall–Kier alpha value is -2.66. The highest BCUT2D eigenvalue weighted by Crippen LogP contribution is 2.23. The molecule has 2 heteroatoms. The molecule has 1 aromatic rings. The average Bonchev–Trinajstić information content (AvgIpc) is 2.67. The summed E-state index contributed by atoms with van der Waals surface area (Å²) in [6, 6.07) is 8.22. The lowest BCUT2D eigenvalue weighted by molar-refractivity contribution is 0.420. The molecule has 3 rings (SSSR count). The first-order valence-corrected chi connectivity index (χ1v) is 8.58. The molecule has 0 bridgehead atoms. The number of hydrogen-bond donors (Lipinski definition) is 1. The summed E-state index contributed by atoms with van der Waals surface area (Å²) in [5.41, 5.74) is 5.03. The summed E-state index contributed by atoms with van der Waals surface area (Å²) < 4.78 is 0. The molecule has 0 fully saturated rings. The summed E-state index contributed by atoms with van der Waals surface area (Å²) in [6.45, 7) is 1.95. The smallest absolute Gasteiger partial charge is 0.0363 e. The van der Waals surface area contributed by atoms with E-state index in [1.165, 1.54) is 11.1 Å². The molecule has 2 nitrogen and oxygen atoms in total. The lowest BCUT2D eigenvalue weighted by Crippen LogP contribution is -2.21. The summed E-state index contributed by atoms with van der Waals surface area (Å²) in [4.78, 5) is 2.32. The fraction of sp³-hybridized carbons (Fsp3) is 0.273. The van der Waals surface area contributed by atoms with Gasteiger partial charge < -0.3 is 10.2 Å². The summed E-state index contributed by atoms with van der Waals surface area (Å²) in [5, 5.41) is 3.12. The van der Waals surface area contributed by atoms with Crippen LogP contribution >= 0.6 is 0 Å². The number of hydrogen-bond acceptors (Lipinski definition) is 2. The van der Waals surface area contributed by atoms with Crippen LogP contribution in [0.2, 0.25) is 0 Å². The molecule has 0 atom stereocenters. The van der Waals surface area contributed by atoms with Crippen molar-refractivity contribution in [2.24, 2.45) is 0 Å². The number of allylic oxidation sites excluding steroid dienone is 6. The maximum atomic E-state index is 3.27. The molecule has 122 valence electrons. The van der Waals surface area contributed by atoms with E-state index in [9.17, 15) is 0 Å². The van der Waals surface area contributed by atoms with E-state index >= 15 is 0 Å². The fourth-order valence-corrected chi connectivity index (χ4v) is 2.85. The molecule has 1 heterocycles. The average molecular weight is 316 g/mol. The van der Waals surface area contributed by atoms with Gasteiger partial charge in [-0.3, -0.25) is 0 Å². The molecule has 0 amide bonds. The second kappa shape index (κ2) is 8.26. The highest BCUT2D eigenvalue weighted by atomic mass is 15.1. The normalized spacial score (nSPS) is 16.1. The van der Waals surface area contributed by atoms with Gasteiger partial charge in [0.1, 0.15) is 0 Å². The Kier molecular flexibility index (Phi) is 5.58. The van der Waals surface area contributed by atoms with E-state index in [1.807, 2.05) is 7.05 Å². The second-order valence-corrected chi connectivity index (χ2v) is 5.99. The van der Waals surface area contributed by atoms with Crippen LogP contribution in [0.1, 0.15) is 24.8 Å². The zero-order valence-electron chi connectivity index (χ0n) is 14.3. The molecule has 0 saturated carbocycles. The molecular weight excluding hydrogens is 292 g/mol. The van der Waals surface area contributed by atoms with E-state index in [-0.39, 0.29) is 0 Å². The molecule has 0 radical (unpaired) electrons. The van der Waals surface area contributed by atoms with E-state index in [0.29, 0.717) is 0 Å². The van der Waals surface area contributed by atoms with Crippen LogP contribution in [0.4, 0.5) is 5.69 Å². The Morgan fingerprint density at radius 1 is 1.12 bits per heavy atom. The first-order chi connectivity index (χ1) is 11.8. The van der Waals surface area contributed by atoms with Crippen molar-refractivity contribution in [1.82, 2.24) is 4.90 Å². The van der Waals surface area contributed by atoms with Crippen molar-refractivity contribution in [3.8, 4) is 11.8 Å². The monoisotopic (exact) mass is 316 g/mol. The van der Waals surface area contributed by atoms with Crippen LogP contribution < -0.4 is 5.32 Å². The van der Waals surface area contributed by atoms with Gasteiger partial charge in [-0.1, -0.05) is 36.1 Å². The minimum Gasteiger partial charge on any atom is -0.388 e. The van der Waals surface area contributed by atoms with Crippen LogP contribution in [-0.4, -0.2) is 25.0 Å². The van der Waals surface area contributed by atoms with Crippen LogP contribution in [0.15, 0.2) is 72.0 Å². The second-order valence-electron chi connectivity index (χ2n) is 5.99. The Balaban J connectivity index is 1.45. The van der Waals surface area contributed by atoms with Crippen molar-refractivity contribution >= 4 is 5.69 Å². The predicted octanol–water partition coefficient (Wildman–Crippen LogP) is 4.50. The maximum Gasteiger partial charge on any atom is 0.0363 e. The van der Waals surface area contributed by atoms with E-state index in [4.69, 9.17) is 0 Å². The largest absolute Gasteiger partial charge is 0.388 e. The minimum absolute atomic E-state index is 0.882. The van der Waals surface area contributed by atoms with Gasteiger partial charge in [-0.15, -0.1) is 0 Å². The Morgan fingerprint density at radius 3 is 2.67 bits per heavy atom. The van der Waals surface area contributed by atoms with Gasteiger partial charge in [0.2, 0.25) is 0 Å². The third-order valence-corrected chi connectivity index (χ3v) is 4.32. The van der Waals surface area contributed by atoms with Gasteiger partial charge in [0, 0.05) is 37.8 Å². The topological polar surface area (TPSA) is 15.3 Å². The van der Waals surface area contributed by atoms with Crippen LogP contribution in [0, 0.1) is 11.8 Å². The van der Waals surface area contributed by atoms with Gasteiger partial charge in [0.25, 0.3) is 0 Å². The first-order valence-electron chi connectivity index (χ1n) is 8.58. The third-order valence-electron chi connectivity index (χ3n) is 4.32. The van der Waals surface area contributed by atoms with E-state index in [0.717, 1.165) is 43.6 Å². The number of benzene rings is 1. The molecule has 1 N–H and O–H groups in total. The van der Waals surface area contributed by atoms with Crippen LogP contribution in [-0.2, 0) is 0 Å². The van der Waals surface area contributed by atoms with Gasteiger partial charge in [0.15, 0.2) is 0 Å². The number of nitrogens with zero attached hydrogens (tertiary/aromatic N) is 1. The Labute approximate surface area is 145 Å². The summed E-state index contributed by atoms with van der Waals surface area (Å²) in [5.74, 6) is 6.51. The van der Waals surface area contributed by atoms with Crippen molar-refractivity contribution < 1.29 is 0 Å². The molecule has 2 aliphatic rings. The molecule has 0 unspecified atom stereocenters. The third kappa shape index (κ3) is 4.43. The van der Waals surface area contributed by atoms with Gasteiger partial charge in [0.05, 0.1) is 0 Å². The van der Waals surface area contributed by atoms with E-state index in [1.54, 1.807) is 0 Å². The highest BCUT2D eigenvalue weighted by molar-refractivity contribution is 5.48. The van der Waals surface area contributed by atoms with E-state index < -0.39 is 0 Å². The minimum atomic E-state index is 0.882. The molecule has 1 aliphatic carbocycles. The van der Waals surface area contributed by atoms with Gasteiger partial charge >= 0.3 is 0 Å². The van der Waals surface area contributed by atoms with Crippen LogP contribution in [0.3, 0.4) is 0 Å². The molecule has 0 saturated heterocycles. The number of nitrogens with one attached hydrogen (secondary N) is 1. The van der Waals surface area contributed by atoms with Crippen LogP contribution in [0.5, 0.6) is 0 Å². The molecule has 24 heavy (non-hydrogen) atoms. The van der Waals surface area contributed by atoms with Gasteiger partial charge in [-0.25, -0.2) is 0 Å². The maximum absolute atomic E-state index is 3.27. The Bertz CT molecular complexity index is 736. The lowest BCUT2D eigenvalue weighted by atomic mass is 9.96. The molecule has 1 aromatic carbocycles. The zero-order chi connectivity index (χ0) is 16.6. The standard InChI is InChI=1S/C22H24N2/c1-23-22-12-10-19(11-13-22)7-5-6-16-24-17-14-21(15-18-24)20-8-3-2-4-9-20/h2-3,9-15,17,23H,4,6,8,16,18H2,1H3. The Morgan fingerprint density at radius 2 is 2.00 bits per heavy atom. The quantitative estimate of drug-likeness (QED) is 0.650. The first kappa shape index (κ1) is 16.2. The molecule has 0 aromatic heterocycles. The van der Waals surface area contributed by atoms with E-state index in [2.05, 4.69) is 82.9 Å². The fourth-order valence-electron chi connectivity index (χ4n) is 2.85. The summed E-state index contributed by atoms with van der Waals surface area (Å²) >= 11 is 0. The molecule has 1 aliphatic heterocycles. The zero-order valence-corrected chi connectivity index (χ0v) is 14.3. The highest BCUT2D eigenvalue weighted by Gasteiger charge is 2.08. The predicted molar refractivity (Wildman–Crippen MR) is 103 cm³/mol. The molecule has 0 spiro atoms. The van der Waals surface area contributed by atoms with Crippen molar-refractivity contribution in [2.45, 2.75) is 19.3 Å². The van der Waals surface area contributed by atoms with Crippen molar-refractivity contribution in [3.63, 3.8) is 0 Å². The van der Waals surface area contributed by atoms with Crippen molar-refractivity contribution in [3.05, 3.63) is 77.6 Å². The van der Waals surface area contributed by atoms with Crippen molar-refractivity contribution in [2.75, 3.05) is 25.5 Å². The number of anilines is 1. The SMILES string of the molecule is CNc1ccc(C#CCCN2C=CC(C3=CCC=CC3)=CC2)cc1. The lowest BCUT2D eigenvalue weighted by Gasteiger charge is -2.23. The van der Waals surface area contributed by atoms with Crippen molar-refractivity contribution in [1.29, 1.82) is 0 Å².